The monoisotopic (exact) mass is 291 g/mol. The molecule has 1 saturated heterocycles. The van der Waals surface area contributed by atoms with Crippen molar-refractivity contribution >= 4 is 11.9 Å². The number of hydrogen-bond donors (Lipinski definition) is 1. The van der Waals surface area contributed by atoms with E-state index in [1.54, 1.807) is 24.3 Å². The van der Waals surface area contributed by atoms with Crippen molar-refractivity contribution < 1.29 is 19.4 Å². The topological polar surface area (TPSA) is 66.8 Å². The van der Waals surface area contributed by atoms with Crippen LogP contribution in [0.5, 0.6) is 5.75 Å². The molecule has 0 saturated carbocycles. The van der Waals surface area contributed by atoms with E-state index in [4.69, 9.17) is 4.74 Å². The number of piperidine rings is 1. The number of carbonyl (C=O) groups excluding carboxylic acids is 1. The summed E-state index contributed by atoms with van der Waals surface area (Å²) in [5.41, 5.74) is 0.473. The molecule has 1 aliphatic heterocycles. The number of likely N-dealkylation sites (tertiary alicyclic amines) is 1. The number of amides is 1. The predicted octanol–water partition coefficient (Wildman–Crippen LogP) is 2.55. The van der Waals surface area contributed by atoms with Gasteiger partial charge in [-0.15, -0.1) is 0 Å². The molecule has 0 aliphatic carbocycles. The Morgan fingerprint density at radius 3 is 2.76 bits per heavy atom. The number of carboxylic acid groups (broad SMARTS) is 1. The summed E-state index contributed by atoms with van der Waals surface area (Å²) in [5.74, 6) is -0.548. The number of aliphatic carboxylic acids is 1. The molecule has 1 aromatic rings. The largest absolute Gasteiger partial charge is 0.491 e. The van der Waals surface area contributed by atoms with E-state index in [9.17, 15) is 14.7 Å². The minimum absolute atomic E-state index is 0.0251. The Bertz CT molecular complexity index is 527. The van der Waals surface area contributed by atoms with Crippen LogP contribution in [0.25, 0.3) is 0 Å². The van der Waals surface area contributed by atoms with Crippen molar-refractivity contribution in [3.63, 3.8) is 0 Å². The molecular formula is C16H21NO4. The van der Waals surface area contributed by atoms with Gasteiger partial charge in [-0.3, -0.25) is 4.79 Å². The fourth-order valence-electron chi connectivity index (χ4n) is 2.57. The van der Waals surface area contributed by atoms with Crippen molar-refractivity contribution in [3.8, 4) is 5.75 Å². The molecule has 0 radical (unpaired) electrons. The van der Waals surface area contributed by atoms with E-state index in [0.29, 0.717) is 24.3 Å². The number of carbonyl (C=O) groups is 2. The second-order valence-corrected chi connectivity index (χ2v) is 5.54. The number of ether oxygens (including phenoxy) is 1. The summed E-state index contributed by atoms with van der Waals surface area (Å²) in [6.07, 6.45) is 2.23. The minimum Gasteiger partial charge on any atom is -0.491 e. The fourth-order valence-corrected chi connectivity index (χ4v) is 2.57. The zero-order chi connectivity index (χ0) is 15.4. The van der Waals surface area contributed by atoms with E-state index in [1.807, 2.05) is 13.8 Å². The number of rotatable bonds is 4. The minimum atomic E-state index is -0.933. The summed E-state index contributed by atoms with van der Waals surface area (Å²) in [5, 5.41) is 9.26. The highest BCUT2D eigenvalue weighted by molar-refractivity contribution is 5.97. The zero-order valence-corrected chi connectivity index (χ0v) is 12.4. The van der Waals surface area contributed by atoms with Gasteiger partial charge in [0, 0.05) is 12.1 Å². The molecule has 0 spiro atoms. The predicted molar refractivity (Wildman–Crippen MR) is 78.5 cm³/mol. The Balaban J connectivity index is 2.20. The Morgan fingerprint density at radius 1 is 1.33 bits per heavy atom. The first kappa shape index (κ1) is 15.4. The highest BCUT2D eigenvalue weighted by atomic mass is 16.5. The molecule has 5 heteroatoms. The third-order valence-corrected chi connectivity index (χ3v) is 3.50. The SMILES string of the molecule is CC(C)Oc1cccc(C(=O)N2CCCCC2C(=O)O)c1. The molecule has 1 unspecified atom stereocenters. The first-order valence-electron chi connectivity index (χ1n) is 7.29. The summed E-state index contributed by atoms with van der Waals surface area (Å²) < 4.78 is 5.58. The van der Waals surface area contributed by atoms with Crippen LogP contribution in [-0.4, -0.2) is 40.6 Å². The normalized spacial score (nSPS) is 18.6. The van der Waals surface area contributed by atoms with E-state index in [2.05, 4.69) is 0 Å². The molecule has 114 valence electrons. The summed E-state index contributed by atoms with van der Waals surface area (Å²) in [6, 6.07) is 6.20. The molecule has 1 N–H and O–H groups in total. The molecular weight excluding hydrogens is 270 g/mol. The van der Waals surface area contributed by atoms with Crippen molar-refractivity contribution in [2.75, 3.05) is 6.54 Å². The molecule has 1 aliphatic rings. The quantitative estimate of drug-likeness (QED) is 0.925. The maximum atomic E-state index is 12.6. The number of nitrogens with zero attached hydrogens (tertiary/aromatic N) is 1. The molecule has 5 nitrogen and oxygen atoms in total. The molecule has 1 aromatic carbocycles. The number of benzene rings is 1. The first-order valence-corrected chi connectivity index (χ1v) is 7.29. The van der Waals surface area contributed by atoms with Crippen molar-refractivity contribution in [3.05, 3.63) is 29.8 Å². The maximum absolute atomic E-state index is 12.6. The van der Waals surface area contributed by atoms with Crippen molar-refractivity contribution in [1.29, 1.82) is 0 Å². The smallest absolute Gasteiger partial charge is 0.326 e. The van der Waals surface area contributed by atoms with Gasteiger partial charge in [0.1, 0.15) is 11.8 Å². The van der Waals surface area contributed by atoms with E-state index < -0.39 is 12.0 Å². The highest BCUT2D eigenvalue weighted by Gasteiger charge is 2.32. The van der Waals surface area contributed by atoms with Gasteiger partial charge < -0.3 is 14.7 Å². The van der Waals surface area contributed by atoms with Gasteiger partial charge in [0.2, 0.25) is 0 Å². The Morgan fingerprint density at radius 2 is 2.10 bits per heavy atom. The molecule has 0 aromatic heterocycles. The molecule has 0 bridgehead atoms. The standard InChI is InChI=1S/C16H21NO4/c1-11(2)21-13-7-5-6-12(10-13)15(18)17-9-4-3-8-14(17)16(19)20/h5-7,10-11,14H,3-4,8-9H2,1-2H3,(H,19,20). The molecule has 1 fully saturated rings. The van der Waals surface area contributed by atoms with E-state index in [-0.39, 0.29) is 12.0 Å². The number of carboxylic acids is 1. The van der Waals surface area contributed by atoms with Gasteiger partial charge in [-0.25, -0.2) is 4.79 Å². The summed E-state index contributed by atoms with van der Waals surface area (Å²) in [7, 11) is 0. The van der Waals surface area contributed by atoms with Gasteiger partial charge in [-0.1, -0.05) is 6.07 Å². The third kappa shape index (κ3) is 3.74. The summed E-state index contributed by atoms with van der Waals surface area (Å²) >= 11 is 0. The Labute approximate surface area is 124 Å². The lowest BCUT2D eigenvalue weighted by Gasteiger charge is -2.33. The average Bonchev–Trinajstić information content (AvgIpc) is 2.46. The van der Waals surface area contributed by atoms with E-state index in [0.717, 1.165) is 12.8 Å². The van der Waals surface area contributed by atoms with Gasteiger partial charge in [-0.2, -0.15) is 0 Å². The van der Waals surface area contributed by atoms with Crippen LogP contribution >= 0.6 is 0 Å². The van der Waals surface area contributed by atoms with Gasteiger partial charge in [0.05, 0.1) is 6.10 Å². The van der Waals surface area contributed by atoms with Gasteiger partial charge in [0.25, 0.3) is 5.91 Å². The Hall–Kier alpha value is -2.04. The van der Waals surface area contributed by atoms with Crippen molar-refractivity contribution in [1.82, 2.24) is 4.90 Å². The molecule has 1 amide bonds. The molecule has 1 heterocycles. The first-order chi connectivity index (χ1) is 9.99. The van der Waals surface area contributed by atoms with Crippen molar-refractivity contribution in [2.24, 2.45) is 0 Å². The second-order valence-electron chi connectivity index (χ2n) is 5.54. The van der Waals surface area contributed by atoms with Gasteiger partial charge in [-0.05, 0) is 51.3 Å². The van der Waals surface area contributed by atoms with Crippen LogP contribution in [0.1, 0.15) is 43.5 Å². The zero-order valence-electron chi connectivity index (χ0n) is 12.4. The van der Waals surface area contributed by atoms with Crippen LogP contribution in [0.2, 0.25) is 0 Å². The summed E-state index contributed by atoms with van der Waals surface area (Å²) in [6.45, 7) is 4.32. The van der Waals surface area contributed by atoms with Crippen LogP contribution in [-0.2, 0) is 4.79 Å². The fraction of sp³-hybridized carbons (Fsp3) is 0.500. The van der Waals surface area contributed by atoms with Crippen LogP contribution < -0.4 is 4.74 Å². The van der Waals surface area contributed by atoms with Crippen LogP contribution in [0.4, 0.5) is 0 Å². The lowest BCUT2D eigenvalue weighted by Crippen LogP contribution is -2.47. The molecule has 2 rings (SSSR count). The highest BCUT2D eigenvalue weighted by Crippen LogP contribution is 2.22. The van der Waals surface area contributed by atoms with Crippen LogP contribution in [0.3, 0.4) is 0 Å². The molecule has 21 heavy (non-hydrogen) atoms. The second kappa shape index (κ2) is 6.61. The van der Waals surface area contributed by atoms with Gasteiger partial charge >= 0.3 is 5.97 Å². The van der Waals surface area contributed by atoms with E-state index >= 15 is 0 Å². The van der Waals surface area contributed by atoms with Crippen LogP contribution in [0.15, 0.2) is 24.3 Å². The van der Waals surface area contributed by atoms with Gasteiger partial charge in [0.15, 0.2) is 0 Å². The Kier molecular flexibility index (Phi) is 4.83. The molecule has 1 atom stereocenters. The average molecular weight is 291 g/mol. The third-order valence-electron chi connectivity index (χ3n) is 3.50. The number of hydrogen-bond acceptors (Lipinski definition) is 3. The lowest BCUT2D eigenvalue weighted by molar-refractivity contribution is -0.143. The maximum Gasteiger partial charge on any atom is 0.326 e. The lowest BCUT2D eigenvalue weighted by atomic mass is 10.0. The van der Waals surface area contributed by atoms with Crippen molar-refractivity contribution in [2.45, 2.75) is 45.3 Å². The van der Waals surface area contributed by atoms with Crippen LogP contribution in [0, 0.1) is 0 Å². The summed E-state index contributed by atoms with van der Waals surface area (Å²) in [4.78, 5) is 25.3. The van der Waals surface area contributed by atoms with E-state index in [1.165, 1.54) is 4.90 Å².